The maximum atomic E-state index is 13.1. The topological polar surface area (TPSA) is 46.2 Å². The van der Waals surface area contributed by atoms with Gasteiger partial charge in [-0.1, -0.05) is 72.3 Å². The number of halogens is 4. The molecule has 8 heteroatoms. The van der Waals surface area contributed by atoms with E-state index in [-0.39, 0.29) is 0 Å². The van der Waals surface area contributed by atoms with Crippen LogP contribution < -0.4 is 4.72 Å². The molecule has 0 radical (unpaired) electrons. The van der Waals surface area contributed by atoms with Crippen LogP contribution in [0.3, 0.4) is 0 Å². The molecule has 146 valence electrons. The fourth-order valence-corrected chi connectivity index (χ4v) is 4.19. The Balaban J connectivity index is 2.04. The summed E-state index contributed by atoms with van der Waals surface area (Å²) in [4.78, 5) is -0.513. The average Bonchev–Trinajstić information content (AvgIpc) is 2.67. The van der Waals surface area contributed by atoms with Crippen LogP contribution in [-0.2, 0) is 16.2 Å². The van der Waals surface area contributed by atoms with Gasteiger partial charge < -0.3 is 0 Å². The molecule has 0 saturated carbocycles. The van der Waals surface area contributed by atoms with E-state index in [1.54, 1.807) is 60.7 Å². The second-order valence-electron chi connectivity index (χ2n) is 6.02. The Kier molecular flexibility index (Phi) is 5.79. The first-order chi connectivity index (χ1) is 13.2. The zero-order chi connectivity index (χ0) is 20.4. The van der Waals surface area contributed by atoms with E-state index in [2.05, 4.69) is 4.72 Å². The summed E-state index contributed by atoms with van der Waals surface area (Å²) >= 11 is 5.59. The fraction of sp³-hybridized carbons (Fsp3) is 0.100. The van der Waals surface area contributed by atoms with Gasteiger partial charge in [0.05, 0.1) is 21.5 Å². The van der Waals surface area contributed by atoms with Crippen LogP contribution in [0.4, 0.5) is 13.2 Å². The molecule has 3 aromatic rings. The molecule has 0 amide bonds. The van der Waals surface area contributed by atoms with Gasteiger partial charge in [-0.3, -0.25) is 0 Å². The van der Waals surface area contributed by atoms with Crippen molar-refractivity contribution >= 4 is 21.6 Å². The highest BCUT2D eigenvalue weighted by Gasteiger charge is 2.35. The predicted molar refractivity (Wildman–Crippen MR) is 102 cm³/mol. The van der Waals surface area contributed by atoms with Crippen LogP contribution in [0.1, 0.15) is 22.7 Å². The first-order valence-corrected chi connectivity index (χ1v) is 10.0. The number of sulfonamides is 1. The van der Waals surface area contributed by atoms with Crippen molar-refractivity contribution in [1.82, 2.24) is 4.72 Å². The molecule has 0 aromatic heterocycles. The molecule has 0 spiro atoms. The summed E-state index contributed by atoms with van der Waals surface area (Å²) in [6.45, 7) is 0. The Bertz CT molecular complexity index is 1020. The summed E-state index contributed by atoms with van der Waals surface area (Å²) in [5.74, 6) is 0. The Morgan fingerprint density at radius 2 is 1.32 bits per heavy atom. The number of rotatable bonds is 5. The van der Waals surface area contributed by atoms with Crippen LogP contribution in [0.15, 0.2) is 83.8 Å². The number of hydrogen-bond acceptors (Lipinski definition) is 2. The predicted octanol–water partition coefficient (Wildman–Crippen LogP) is 5.43. The second-order valence-corrected chi connectivity index (χ2v) is 8.14. The monoisotopic (exact) mass is 425 g/mol. The van der Waals surface area contributed by atoms with E-state index in [1.807, 2.05) is 0 Å². The summed E-state index contributed by atoms with van der Waals surface area (Å²) in [5.41, 5.74) is 0.109. The van der Waals surface area contributed by atoms with Crippen molar-refractivity contribution in [3.05, 3.63) is 101 Å². The van der Waals surface area contributed by atoms with E-state index in [0.717, 1.165) is 12.1 Å². The minimum Gasteiger partial charge on any atom is -0.207 e. The maximum absolute atomic E-state index is 13.1. The van der Waals surface area contributed by atoms with Gasteiger partial charge in [-0.15, -0.1) is 0 Å². The summed E-state index contributed by atoms with van der Waals surface area (Å²) < 4.78 is 67.5. The Morgan fingerprint density at radius 1 is 0.821 bits per heavy atom. The molecule has 3 rings (SSSR count). The Labute approximate surface area is 165 Å². The Hall–Kier alpha value is -2.35. The van der Waals surface area contributed by atoms with E-state index in [4.69, 9.17) is 11.6 Å². The molecule has 0 saturated heterocycles. The molecule has 3 aromatic carbocycles. The summed E-state index contributed by atoms with van der Waals surface area (Å²) in [5, 5.41) is -0.561. The largest absolute Gasteiger partial charge is 0.417 e. The zero-order valence-corrected chi connectivity index (χ0v) is 15.9. The number of alkyl halides is 3. The average molecular weight is 426 g/mol. The molecule has 0 aliphatic heterocycles. The van der Waals surface area contributed by atoms with E-state index in [9.17, 15) is 21.6 Å². The molecular weight excluding hydrogens is 411 g/mol. The molecule has 0 fully saturated rings. The SMILES string of the molecule is O=S(=O)(NC(c1ccccc1)c1ccccc1)c1ccc(Cl)c(C(F)(F)F)c1. The van der Waals surface area contributed by atoms with E-state index >= 15 is 0 Å². The molecule has 28 heavy (non-hydrogen) atoms. The van der Waals surface area contributed by atoms with Crippen molar-refractivity contribution in [2.75, 3.05) is 0 Å². The molecule has 1 N–H and O–H groups in total. The van der Waals surface area contributed by atoms with Crippen LogP contribution in [0.25, 0.3) is 0 Å². The van der Waals surface area contributed by atoms with Gasteiger partial charge in [0.1, 0.15) is 0 Å². The normalized spacial score (nSPS) is 12.3. The Morgan fingerprint density at radius 3 is 1.79 bits per heavy atom. The highest BCUT2D eigenvalue weighted by Crippen LogP contribution is 2.36. The van der Waals surface area contributed by atoms with Crippen molar-refractivity contribution in [2.24, 2.45) is 0 Å². The lowest BCUT2D eigenvalue weighted by Gasteiger charge is -2.20. The molecule has 0 atom stereocenters. The van der Waals surface area contributed by atoms with Gasteiger partial charge in [0.2, 0.25) is 10.0 Å². The molecular formula is C20H15ClF3NO2S. The van der Waals surface area contributed by atoms with E-state index < -0.39 is 37.7 Å². The van der Waals surface area contributed by atoms with Crippen molar-refractivity contribution in [2.45, 2.75) is 17.1 Å². The summed E-state index contributed by atoms with van der Waals surface area (Å²) in [6, 6.07) is 19.3. The van der Waals surface area contributed by atoms with Gasteiger partial charge in [-0.25, -0.2) is 8.42 Å². The van der Waals surface area contributed by atoms with Crippen molar-refractivity contribution in [3.8, 4) is 0 Å². The van der Waals surface area contributed by atoms with Gasteiger partial charge in [0.15, 0.2) is 0 Å². The second kappa shape index (κ2) is 7.95. The molecule has 3 nitrogen and oxygen atoms in total. The number of nitrogens with one attached hydrogen (secondary N) is 1. The first kappa shape index (κ1) is 20.4. The van der Waals surface area contributed by atoms with E-state index in [0.29, 0.717) is 17.2 Å². The smallest absolute Gasteiger partial charge is 0.207 e. The third-order valence-electron chi connectivity index (χ3n) is 4.09. The highest BCUT2D eigenvalue weighted by atomic mass is 35.5. The minimum absolute atomic E-state index is 0.513. The van der Waals surface area contributed by atoms with Crippen LogP contribution in [0.5, 0.6) is 0 Å². The van der Waals surface area contributed by atoms with Crippen LogP contribution >= 0.6 is 11.6 Å². The molecule has 0 aliphatic carbocycles. The van der Waals surface area contributed by atoms with Crippen LogP contribution in [0, 0.1) is 0 Å². The fourth-order valence-electron chi connectivity index (χ4n) is 2.73. The summed E-state index contributed by atoms with van der Waals surface area (Å²) in [7, 11) is -4.26. The van der Waals surface area contributed by atoms with Gasteiger partial charge in [0.25, 0.3) is 0 Å². The van der Waals surface area contributed by atoms with E-state index in [1.165, 1.54) is 0 Å². The van der Waals surface area contributed by atoms with Crippen molar-refractivity contribution < 1.29 is 21.6 Å². The third kappa shape index (κ3) is 4.55. The molecule has 0 heterocycles. The molecule has 0 bridgehead atoms. The maximum Gasteiger partial charge on any atom is 0.417 e. The van der Waals surface area contributed by atoms with Gasteiger partial charge in [0, 0.05) is 0 Å². The van der Waals surface area contributed by atoms with Crippen LogP contribution in [0.2, 0.25) is 5.02 Å². The lowest BCUT2D eigenvalue weighted by Crippen LogP contribution is -2.29. The zero-order valence-electron chi connectivity index (χ0n) is 14.3. The molecule has 0 aliphatic rings. The summed E-state index contributed by atoms with van der Waals surface area (Å²) in [6.07, 6.45) is -4.76. The lowest BCUT2D eigenvalue weighted by molar-refractivity contribution is -0.137. The quantitative estimate of drug-likeness (QED) is 0.592. The third-order valence-corrected chi connectivity index (χ3v) is 5.84. The van der Waals surface area contributed by atoms with Crippen molar-refractivity contribution in [1.29, 1.82) is 0 Å². The lowest BCUT2D eigenvalue weighted by atomic mass is 10.00. The first-order valence-electron chi connectivity index (χ1n) is 8.17. The minimum atomic E-state index is -4.76. The number of benzene rings is 3. The molecule has 0 unspecified atom stereocenters. The number of hydrogen-bond donors (Lipinski definition) is 1. The van der Waals surface area contributed by atoms with Crippen molar-refractivity contribution in [3.63, 3.8) is 0 Å². The van der Waals surface area contributed by atoms with Crippen LogP contribution in [-0.4, -0.2) is 8.42 Å². The highest BCUT2D eigenvalue weighted by molar-refractivity contribution is 7.89. The van der Waals surface area contributed by atoms with Gasteiger partial charge >= 0.3 is 6.18 Å². The van der Waals surface area contributed by atoms with Gasteiger partial charge in [-0.05, 0) is 29.3 Å². The standard InChI is InChI=1S/C20H15ClF3NO2S/c21-18-12-11-16(13-17(18)20(22,23)24)28(26,27)25-19(14-7-3-1-4-8-14)15-9-5-2-6-10-15/h1-13,19,25H. The van der Waals surface area contributed by atoms with Gasteiger partial charge in [-0.2, -0.15) is 17.9 Å².